The van der Waals surface area contributed by atoms with Gasteiger partial charge in [-0.15, -0.1) is 0 Å². The van der Waals surface area contributed by atoms with E-state index in [4.69, 9.17) is 0 Å². The Morgan fingerprint density at radius 1 is 1.19 bits per heavy atom. The largest absolute Gasteiger partial charge is 0.357 e. The zero-order chi connectivity index (χ0) is 15.7. The van der Waals surface area contributed by atoms with Gasteiger partial charge in [0.25, 0.3) is 0 Å². The van der Waals surface area contributed by atoms with Crippen molar-refractivity contribution in [3.63, 3.8) is 0 Å². The van der Waals surface area contributed by atoms with Crippen LogP contribution in [-0.4, -0.2) is 56.0 Å². The molecule has 0 fully saturated rings. The highest BCUT2D eigenvalue weighted by Gasteiger charge is 2.06. The van der Waals surface area contributed by atoms with Gasteiger partial charge in [-0.1, -0.05) is 19.1 Å². The Bertz CT molecular complexity index is 430. The molecule has 0 aliphatic carbocycles. The van der Waals surface area contributed by atoms with E-state index in [0.717, 1.165) is 37.7 Å². The normalized spacial score (nSPS) is 11.8. The average molecular weight is 294 g/mol. The molecule has 0 radical (unpaired) electrons. The second kappa shape index (κ2) is 9.34. The monoisotopic (exact) mass is 294 g/mol. The third kappa shape index (κ3) is 6.58. The summed E-state index contributed by atoms with van der Waals surface area (Å²) in [5, 5.41) is 3.29. The molecule has 0 aromatic heterocycles. The van der Waals surface area contributed by atoms with Gasteiger partial charge in [0, 0.05) is 26.7 Å². The quantitative estimate of drug-likeness (QED) is 0.618. The lowest BCUT2D eigenvalue weighted by Crippen LogP contribution is -2.39. The smallest absolute Gasteiger partial charge is 0.194 e. The summed E-state index contributed by atoms with van der Waals surface area (Å²) in [4.78, 5) is 8.92. The van der Waals surface area contributed by atoms with Crippen molar-refractivity contribution in [2.45, 2.75) is 20.4 Å². The lowest BCUT2D eigenvalue weighted by atomic mass is 10.2. The highest BCUT2D eigenvalue weighted by Crippen LogP contribution is 2.05. The first kappa shape index (κ1) is 17.4. The molecule has 0 aliphatic heterocycles. The first-order valence-electron chi connectivity index (χ1n) is 7.49. The molecule has 0 atom stereocenters. The van der Waals surface area contributed by atoms with Crippen LogP contribution in [0, 0.1) is 5.82 Å². The maximum atomic E-state index is 12.9. The Kier molecular flexibility index (Phi) is 7.75. The van der Waals surface area contributed by atoms with Gasteiger partial charge in [-0.25, -0.2) is 4.39 Å². The van der Waals surface area contributed by atoms with E-state index in [2.05, 4.69) is 41.0 Å². The van der Waals surface area contributed by atoms with Crippen molar-refractivity contribution in [2.24, 2.45) is 4.99 Å². The van der Waals surface area contributed by atoms with Gasteiger partial charge >= 0.3 is 0 Å². The summed E-state index contributed by atoms with van der Waals surface area (Å²) in [5.74, 6) is 0.677. The second-order valence-corrected chi connectivity index (χ2v) is 5.11. The fourth-order valence-electron chi connectivity index (χ4n) is 1.89. The van der Waals surface area contributed by atoms with Crippen LogP contribution in [0.25, 0.3) is 0 Å². The van der Waals surface area contributed by atoms with E-state index in [1.54, 1.807) is 12.1 Å². The molecule has 0 bridgehead atoms. The van der Waals surface area contributed by atoms with E-state index in [0.29, 0.717) is 6.54 Å². The van der Waals surface area contributed by atoms with Crippen molar-refractivity contribution >= 4 is 5.96 Å². The number of aliphatic imine (C=N–C) groups is 1. The van der Waals surface area contributed by atoms with Crippen LogP contribution in [0.5, 0.6) is 0 Å². The van der Waals surface area contributed by atoms with Gasteiger partial charge in [-0.3, -0.25) is 4.99 Å². The van der Waals surface area contributed by atoms with Crippen LogP contribution in [0.2, 0.25) is 0 Å². The Balaban J connectivity index is 2.61. The number of rotatable bonds is 7. The van der Waals surface area contributed by atoms with Crippen molar-refractivity contribution in [1.29, 1.82) is 0 Å². The van der Waals surface area contributed by atoms with E-state index in [-0.39, 0.29) is 5.82 Å². The predicted octanol–water partition coefficient (Wildman–Crippen LogP) is 2.17. The summed E-state index contributed by atoms with van der Waals surface area (Å²) in [5.41, 5.74) is 1.06. The SMILES string of the molecule is CCNC(=NCCN(C)CC)N(C)Cc1ccc(F)cc1. The maximum absolute atomic E-state index is 12.9. The van der Waals surface area contributed by atoms with Crippen LogP contribution < -0.4 is 5.32 Å². The van der Waals surface area contributed by atoms with Crippen LogP contribution in [0.4, 0.5) is 4.39 Å². The third-order valence-corrected chi connectivity index (χ3v) is 3.31. The molecular formula is C16H27FN4. The van der Waals surface area contributed by atoms with E-state index >= 15 is 0 Å². The maximum Gasteiger partial charge on any atom is 0.194 e. The molecule has 0 saturated carbocycles. The summed E-state index contributed by atoms with van der Waals surface area (Å²) >= 11 is 0. The minimum absolute atomic E-state index is 0.204. The molecule has 0 heterocycles. The number of hydrogen-bond donors (Lipinski definition) is 1. The standard InChI is InChI=1S/C16H27FN4/c1-5-18-16(19-11-12-20(3)6-2)21(4)13-14-7-9-15(17)10-8-14/h7-10H,5-6,11-13H2,1-4H3,(H,18,19). The minimum Gasteiger partial charge on any atom is -0.357 e. The van der Waals surface area contributed by atoms with E-state index in [9.17, 15) is 4.39 Å². The molecule has 1 aromatic carbocycles. The van der Waals surface area contributed by atoms with Gasteiger partial charge in [0.15, 0.2) is 5.96 Å². The molecule has 1 aromatic rings. The van der Waals surface area contributed by atoms with Crippen LogP contribution >= 0.6 is 0 Å². The first-order valence-corrected chi connectivity index (χ1v) is 7.49. The van der Waals surface area contributed by atoms with Crippen molar-refractivity contribution < 1.29 is 4.39 Å². The Morgan fingerprint density at radius 3 is 2.43 bits per heavy atom. The van der Waals surface area contributed by atoms with Crippen LogP contribution in [0.15, 0.2) is 29.3 Å². The molecule has 1 N–H and O–H groups in total. The van der Waals surface area contributed by atoms with E-state index < -0.39 is 0 Å². The molecule has 0 aliphatic rings. The zero-order valence-electron chi connectivity index (χ0n) is 13.6. The topological polar surface area (TPSA) is 30.9 Å². The fraction of sp³-hybridized carbons (Fsp3) is 0.562. The van der Waals surface area contributed by atoms with Crippen LogP contribution in [0.1, 0.15) is 19.4 Å². The molecule has 0 saturated heterocycles. The van der Waals surface area contributed by atoms with Gasteiger partial charge in [0.05, 0.1) is 6.54 Å². The number of halogens is 1. The molecule has 4 nitrogen and oxygen atoms in total. The van der Waals surface area contributed by atoms with Crippen molar-refractivity contribution in [1.82, 2.24) is 15.1 Å². The average Bonchev–Trinajstić information content (AvgIpc) is 2.48. The molecule has 21 heavy (non-hydrogen) atoms. The lowest BCUT2D eigenvalue weighted by Gasteiger charge is -2.22. The van der Waals surface area contributed by atoms with Crippen molar-refractivity contribution in [3.8, 4) is 0 Å². The highest BCUT2D eigenvalue weighted by atomic mass is 19.1. The van der Waals surface area contributed by atoms with Crippen LogP contribution in [-0.2, 0) is 6.54 Å². The van der Waals surface area contributed by atoms with Gasteiger partial charge in [0.2, 0.25) is 0 Å². The van der Waals surface area contributed by atoms with Crippen molar-refractivity contribution in [2.75, 3.05) is 40.3 Å². The zero-order valence-corrected chi connectivity index (χ0v) is 13.6. The number of hydrogen-bond acceptors (Lipinski definition) is 2. The van der Waals surface area contributed by atoms with Gasteiger partial charge in [0.1, 0.15) is 5.82 Å². The Labute approximate surface area is 127 Å². The van der Waals surface area contributed by atoms with Crippen molar-refractivity contribution in [3.05, 3.63) is 35.6 Å². The molecule has 0 unspecified atom stereocenters. The number of likely N-dealkylation sites (N-methyl/N-ethyl adjacent to an activating group) is 1. The molecule has 5 heteroatoms. The number of guanidine groups is 1. The first-order chi connectivity index (χ1) is 10.1. The molecule has 0 amide bonds. The Hall–Kier alpha value is -1.62. The fourth-order valence-corrected chi connectivity index (χ4v) is 1.89. The summed E-state index contributed by atoms with van der Waals surface area (Å²) in [7, 11) is 4.08. The molecule has 0 spiro atoms. The minimum atomic E-state index is -0.204. The van der Waals surface area contributed by atoms with E-state index in [1.165, 1.54) is 12.1 Å². The van der Waals surface area contributed by atoms with E-state index in [1.807, 2.05) is 7.05 Å². The second-order valence-electron chi connectivity index (χ2n) is 5.11. The molecular weight excluding hydrogens is 267 g/mol. The lowest BCUT2D eigenvalue weighted by molar-refractivity contribution is 0.361. The summed E-state index contributed by atoms with van der Waals surface area (Å²) < 4.78 is 12.9. The third-order valence-electron chi connectivity index (χ3n) is 3.31. The van der Waals surface area contributed by atoms with Gasteiger partial charge < -0.3 is 15.1 Å². The van der Waals surface area contributed by atoms with Crippen LogP contribution in [0.3, 0.4) is 0 Å². The molecule has 1 rings (SSSR count). The van der Waals surface area contributed by atoms with Gasteiger partial charge in [-0.05, 0) is 38.2 Å². The number of nitrogens with one attached hydrogen (secondary N) is 1. The Morgan fingerprint density at radius 2 is 1.86 bits per heavy atom. The molecule has 118 valence electrons. The number of benzene rings is 1. The highest BCUT2D eigenvalue weighted by molar-refractivity contribution is 5.79. The van der Waals surface area contributed by atoms with Gasteiger partial charge in [-0.2, -0.15) is 0 Å². The number of nitrogens with zero attached hydrogens (tertiary/aromatic N) is 3. The predicted molar refractivity (Wildman–Crippen MR) is 87.0 cm³/mol. The summed E-state index contributed by atoms with van der Waals surface area (Å²) in [6.07, 6.45) is 0. The summed E-state index contributed by atoms with van der Waals surface area (Å²) in [6.45, 7) is 8.45. The summed E-state index contributed by atoms with van der Waals surface area (Å²) in [6, 6.07) is 6.59.